The summed E-state index contributed by atoms with van der Waals surface area (Å²) in [4.78, 5) is -0.290. The van der Waals surface area contributed by atoms with Crippen LogP contribution in [0.1, 0.15) is 13.3 Å². The monoisotopic (exact) mass is 333 g/mol. The largest absolute Gasteiger partial charge is 0.327 e. The van der Waals surface area contributed by atoms with E-state index in [1.807, 2.05) is 6.92 Å². The molecule has 2 unspecified atom stereocenters. The molecule has 1 aromatic carbocycles. The summed E-state index contributed by atoms with van der Waals surface area (Å²) in [7, 11) is -7.68. The third-order valence-corrected chi connectivity index (χ3v) is 6.48. The number of rotatable bonds is 3. The van der Waals surface area contributed by atoms with Crippen LogP contribution in [-0.2, 0) is 20.0 Å². The third-order valence-electron chi connectivity index (χ3n) is 3.71. The first-order chi connectivity index (χ1) is 9.62. The van der Waals surface area contributed by atoms with Gasteiger partial charge in [0.1, 0.15) is 0 Å². The van der Waals surface area contributed by atoms with Gasteiger partial charge in [0.2, 0.25) is 20.0 Å². The average molecular weight is 333 g/mol. The third kappa shape index (κ3) is 3.43. The Bertz CT molecular complexity index is 731. The number of nitrogens with zero attached hydrogens (tertiary/aromatic N) is 1. The van der Waals surface area contributed by atoms with E-state index in [1.54, 1.807) is 0 Å². The Morgan fingerprint density at radius 1 is 1.19 bits per heavy atom. The predicted octanol–water partition coefficient (Wildman–Crippen LogP) is -0.308. The van der Waals surface area contributed by atoms with Gasteiger partial charge in [-0.05, 0) is 30.5 Å². The lowest BCUT2D eigenvalue weighted by molar-refractivity contribution is 0.250. The van der Waals surface area contributed by atoms with Crippen LogP contribution in [0.5, 0.6) is 0 Å². The number of primary sulfonamides is 1. The van der Waals surface area contributed by atoms with Crippen LogP contribution in [-0.4, -0.2) is 40.3 Å². The number of sulfonamides is 2. The van der Waals surface area contributed by atoms with E-state index in [1.165, 1.54) is 22.5 Å². The molecule has 1 saturated heterocycles. The van der Waals surface area contributed by atoms with Crippen LogP contribution in [0.4, 0.5) is 0 Å². The topological polar surface area (TPSA) is 124 Å². The number of hydrogen-bond donors (Lipinski definition) is 2. The van der Waals surface area contributed by atoms with Gasteiger partial charge in [0.25, 0.3) is 0 Å². The lowest BCUT2D eigenvalue weighted by Gasteiger charge is -2.34. The standard InChI is InChI=1S/C12H19N3O4S2/c1-9-8-15(6-5-12(9)13)21(18,19)11-4-2-3-10(7-11)20(14,16)17/h2-4,7,9,12H,5-6,8,13H2,1H3,(H2,14,16,17). The molecule has 4 N–H and O–H groups in total. The fourth-order valence-electron chi connectivity index (χ4n) is 2.30. The molecular formula is C12H19N3O4S2. The number of nitrogens with two attached hydrogens (primary N) is 2. The maximum atomic E-state index is 12.6. The van der Waals surface area contributed by atoms with Crippen molar-refractivity contribution >= 4 is 20.0 Å². The first-order valence-electron chi connectivity index (χ1n) is 6.51. The quantitative estimate of drug-likeness (QED) is 0.785. The molecule has 7 nitrogen and oxygen atoms in total. The van der Waals surface area contributed by atoms with Crippen LogP contribution < -0.4 is 10.9 Å². The van der Waals surface area contributed by atoms with Crippen LogP contribution in [0.3, 0.4) is 0 Å². The number of hydrogen-bond acceptors (Lipinski definition) is 5. The van der Waals surface area contributed by atoms with Gasteiger partial charge in [0.15, 0.2) is 0 Å². The van der Waals surface area contributed by atoms with Gasteiger partial charge in [-0.25, -0.2) is 22.0 Å². The molecule has 0 spiro atoms. The van der Waals surface area contributed by atoms with Gasteiger partial charge in [-0.2, -0.15) is 4.31 Å². The van der Waals surface area contributed by atoms with Gasteiger partial charge < -0.3 is 5.73 Å². The van der Waals surface area contributed by atoms with Crippen molar-refractivity contribution in [3.05, 3.63) is 24.3 Å². The van der Waals surface area contributed by atoms with Crippen molar-refractivity contribution in [1.29, 1.82) is 0 Å². The first-order valence-corrected chi connectivity index (χ1v) is 9.49. The second-order valence-electron chi connectivity index (χ2n) is 5.31. The fraction of sp³-hybridized carbons (Fsp3) is 0.500. The van der Waals surface area contributed by atoms with E-state index in [0.29, 0.717) is 19.5 Å². The summed E-state index contributed by atoms with van der Waals surface area (Å²) in [5.74, 6) is 0.0509. The summed E-state index contributed by atoms with van der Waals surface area (Å²) in [6.07, 6.45) is 0.579. The summed E-state index contributed by atoms with van der Waals surface area (Å²) in [6, 6.07) is 5.06. The zero-order valence-corrected chi connectivity index (χ0v) is 13.3. The molecule has 0 amide bonds. The van der Waals surface area contributed by atoms with Crippen molar-refractivity contribution in [2.75, 3.05) is 13.1 Å². The normalized spacial score (nSPS) is 24.9. The Hall–Kier alpha value is -1.00. The molecule has 21 heavy (non-hydrogen) atoms. The molecule has 0 aliphatic carbocycles. The highest BCUT2D eigenvalue weighted by Crippen LogP contribution is 2.24. The summed E-state index contributed by atoms with van der Waals surface area (Å²) < 4.78 is 49.1. The van der Waals surface area contributed by atoms with E-state index in [0.717, 1.165) is 6.07 Å². The molecule has 1 aliphatic heterocycles. The number of benzene rings is 1. The maximum Gasteiger partial charge on any atom is 0.243 e. The van der Waals surface area contributed by atoms with Crippen molar-refractivity contribution in [3.8, 4) is 0 Å². The summed E-state index contributed by atoms with van der Waals surface area (Å²) in [5.41, 5.74) is 5.89. The summed E-state index contributed by atoms with van der Waals surface area (Å²) in [5, 5.41) is 5.03. The molecule has 1 aromatic rings. The zero-order chi connectivity index (χ0) is 15.8. The maximum absolute atomic E-state index is 12.6. The Kier molecular flexibility index (Phi) is 4.41. The van der Waals surface area contributed by atoms with E-state index in [2.05, 4.69) is 0 Å². The highest BCUT2D eigenvalue weighted by Gasteiger charge is 2.32. The van der Waals surface area contributed by atoms with Crippen molar-refractivity contribution in [2.24, 2.45) is 16.8 Å². The van der Waals surface area contributed by atoms with E-state index in [-0.39, 0.29) is 21.8 Å². The lowest BCUT2D eigenvalue weighted by atomic mass is 9.96. The summed E-state index contributed by atoms with van der Waals surface area (Å²) in [6.45, 7) is 2.55. The zero-order valence-electron chi connectivity index (χ0n) is 11.6. The molecule has 2 atom stereocenters. The second-order valence-corrected chi connectivity index (χ2v) is 8.81. The average Bonchev–Trinajstić information content (AvgIpc) is 2.41. The van der Waals surface area contributed by atoms with Crippen molar-refractivity contribution in [2.45, 2.75) is 29.2 Å². The molecule has 0 aromatic heterocycles. The molecule has 1 heterocycles. The Morgan fingerprint density at radius 2 is 1.81 bits per heavy atom. The van der Waals surface area contributed by atoms with Crippen LogP contribution in [0.2, 0.25) is 0 Å². The second kappa shape index (κ2) is 5.65. The van der Waals surface area contributed by atoms with E-state index >= 15 is 0 Å². The van der Waals surface area contributed by atoms with E-state index < -0.39 is 20.0 Å². The first kappa shape index (κ1) is 16.4. The SMILES string of the molecule is CC1CN(S(=O)(=O)c2cccc(S(N)(=O)=O)c2)CCC1N. The molecule has 1 aliphatic rings. The van der Waals surface area contributed by atoms with Gasteiger partial charge in [-0.3, -0.25) is 0 Å². The van der Waals surface area contributed by atoms with Crippen LogP contribution in [0.15, 0.2) is 34.1 Å². The minimum Gasteiger partial charge on any atom is -0.327 e. The Balaban J connectivity index is 2.37. The molecule has 0 radical (unpaired) electrons. The van der Waals surface area contributed by atoms with Crippen molar-refractivity contribution in [3.63, 3.8) is 0 Å². The Morgan fingerprint density at radius 3 is 2.38 bits per heavy atom. The molecule has 1 fully saturated rings. The highest BCUT2D eigenvalue weighted by molar-refractivity contribution is 7.90. The predicted molar refractivity (Wildman–Crippen MR) is 78.3 cm³/mol. The van der Waals surface area contributed by atoms with E-state index in [9.17, 15) is 16.8 Å². The fourth-order valence-corrected chi connectivity index (χ4v) is 4.54. The van der Waals surface area contributed by atoms with Gasteiger partial charge in [-0.1, -0.05) is 13.0 Å². The van der Waals surface area contributed by atoms with Crippen LogP contribution in [0, 0.1) is 5.92 Å². The highest BCUT2D eigenvalue weighted by atomic mass is 32.2. The Labute approximate surface area is 125 Å². The van der Waals surface area contributed by atoms with Crippen molar-refractivity contribution in [1.82, 2.24) is 4.31 Å². The lowest BCUT2D eigenvalue weighted by Crippen LogP contribution is -2.48. The van der Waals surface area contributed by atoms with Crippen LogP contribution in [0.25, 0.3) is 0 Å². The van der Waals surface area contributed by atoms with Crippen LogP contribution >= 0.6 is 0 Å². The minimum absolute atomic E-state index is 0.0211. The molecule has 2 rings (SSSR count). The van der Waals surface area contributed by atoms with Gasteiger partial charge in [-0.15, -0.1) is 0 Å². The van der Waals surface area contributed by atoms with Gasteiger partial charge >= 0.3 is 0 Å². The molecule has 9 heteroatoms. The van der Waals surface area contributed by atoms with Crippen molar-refractivity contribution < 1.29 is 16.8 Å². The minimum atomic E-state index is -3.94. The summed E-state index contributed by atoms with van der Waals surface area (Å²) >= 11 is 0. The molecule has 118 valence electrons. The molecule has 0 bridgehead atoms. The molecule has 0 saturated carbocycles. The van der Waals surface area contributed by atoms with Gasteiger partial charge in [0, 0.05) is 19.1 Å². The van der Waals surface area contributed by atoms with E-state index in [4.69, 9.17) is 10.9 Å². The van der Waals surface area contributed by atoms with Gasteiger partial charge in [0.05, 0.1) is 9.79 Å². The smallest absolute Gasteiger partial charge is 0.243 e. The molecular weight excluding hydrogens is 314 g/mol. The number of piperidine rings is 1.